The molecule has 0 bridgehead atoms. The smallest absolute Gasteiger partial charge is 0.137 e. The van der Waals surface area contributed by atoms with Crippen LogP contribution in [0.15, 0.2) is 30.3 Å². The fourth-order valence-corrected chi connectivity index (χ4v) is 2.46. The Morgan fingerprint density at radius 2 is 2.24 bits per heavy atom. The van der Waals surface area contributed by atoms with Crippen LogP contribution in [0.1, 0.15) is 5.56 Å². The number of pyridine rings is 1. The number of hydrogen-bond acceptors (Lipinski definition) is 5. The second-order valence-electron chi connectivity index (χ2n) is 4.89. The number of aromatic nitrogens is 1. The lowest BCUT2D eigenvalue weighted by Gasteiger charge is -2.23. The molecule has 1 aliphatic heterocycles. The lowest BCUT2D eigenvalue weighted by Crippen LogP contribution is -2.34. The predicted octanol–water partition coefficient (Wildman–Crippen LogP) is 1.70. The van der Waals surface area contributed by atoms with Crippen molar-refractivity contribution >= 4 is 33.9 Å². The standard InChI is InChI=1S/C15H17N3O2S/c16-14(21)12-7-10-3-1-2-4-13(10)18-15(12)17-8-11-9-19-5-6-20-11/h1-4,7,11H,5-6,8-9H2,(H2,16,21)(H,17,18). The molecule has 1 atom stereocenters. The van der Waals surface area contributed by atoms with Gasteiger partial charge in [-0.2, -0.15) is 0 Å². The molecule has 1 aromatic carbocycles. The predicted molar refractivity (Wildman–Crippen MR) is 86.7 cm³/mol. The SMILES string of the molecule is NC(=S)c1cc2ccccc2nc1NCC1COCCO1. The molecule has 3 N–H and O–H groups in total. The van der Waals surface area contributed by atoms with Crippen LogP contribution in [0.4, 0.5) is 5.82 Å². The van der Waals surface area contributed by atoms with Gasteiger partial charge in [0.05, 0.1) is 37.0 Å². The van der Waals surface area contributed by atoms with Gasteiger partial charge in [0.2, 0.25) is 0 Å². The fourth-order valence-electron chi connectivity index (χ4n) is 2.30. The molecule has 5 nitrogen and oxygen atoms in total. The van der Waals surface area contributed by atoms with Crippen LogP contribution < -0.4 is 11.1 Å². The summed E-state index contributed by atoms with van der Waals surface area (Å²) in [5, 5.41) is 4.29. The Hall–Kier alpha value is -1.76. The van der Waals surface area contributed by atoms with Crippen LogP contribution >= 0.6 is 12.2 Å². The quantitative estimate of drug-likeness (QED) is 0.838. The van der Waals surface area contributed by atoms with E-state index in [0.717, 1.165) is 16.5 Å². The van der Waals surface area contributed by atoms with Gasteiger partial charge >= 0.3 is 0 Å². The van der Waals surface area contributed by atoms with Gasteiger partial charge in [0.15, 0.2) is 0 Å². The van der Waals surface area contributed by atoms with Crippen molar-refractivity contribution < 1.29 is 9.47 Å². The molecule has 0 radical (unpaired) electrons. The van der Waals surface area contributed by atoms with Gasteiger partial charge in [-0.1, -0.05) is 30.4 Å². The van der Waals surface area contributed by atoms with Crippen LogP contribution in [0, 0.1) is 0 Å². The zero-order valence-corrected chi connectivity index (χ0v) is 12.4. The topological polar surface area (TPSA) is 69.4 Å². The maximum Gasteiger partial charge on any atom is 0.137 e. The van der Waals surface area contributed by atoms with E-state index in [-0.39, 0.29) is 6.10 Å². The van der Waals surface area contributed by atoms with Crippen LogP contribution in [-0.2, 0) is 9.47 Å². The monoisotopic (exact) mass is 303 g/mol. The van der Waals surface area contributed by atoms with E-state index >= 15 is 0 Å². The van der Waals surface area contributed by atoms with Gasteiger partial charge in [-0.15, -0.1) is 0 Å². The van der Waals surface area contributed by atoms with Crippen LogP contribution in [0.25, 0.3) is 10.9 Å². The largest absolute Gasteiger partial charge is 0.389 e. The second-order valence-corrected chi connectivity index (χ2v) is 5.33. The van der Waals surface area contributed by atoms with E-state index in [9.17, 15) is 0 Å². The lowest BCUT2D eigenvalue weighted by molar-refractivity contribution is -0.0819. The molecule has 1 fully saturated rings. The molecular formula is C15H17N3O2S. The van der Waals surface area contributed by atoms with Crippen molar-refractivity contribution in [1.29, 1.82) is 0 Å². The number of ether oxygens (including phenoxy) is 2. The van der Waals surface area contributed by atoms with E-state index in [4.69, 9.17) is 27.4 Å². The van der Waals surface area contributed by atoms with E-state index in [0.29, 0.717) is 37.2 Å². The fraction of sp³-hybridized carbons (Fsp3) is 0.333. The zero-order valence-electron chi connectivity index (χ0n) is 11.5. The van der Waals surface area contributed by atoms with E-state index in [1.165, 1.54) is 0 Å². The average molecular weight is 303 g/mol. The summed E-state index contributed by atoms with van der Waals surface area (Å²) >= 11 is 5.13. The van der Waals surface area contributed by atoms with Gasteiger partial charge in [-0.3, -0.25) is 0 Å². The van der Waals surface area contributed by atoms with Gasteiger partial charge in [-0.25, -0.2) is 4.98 Å². The first kappa shape index (κ1) is 14.2. The molecule has 1 aromatic heterocycles. The van der Waals surface area contributed by atoms with Crippen LogP contribution in [0.3, 0.4) is 0 Å². The third kappa shape index (κ3) is 3.29. The molecule has 110 valence electrons. The highest BCUT2D eigenvalue weighted by molar-refractivity contribution is 7.80. The Labute approximate surface area is 128 Å². The van der Waals surface area contributed by atoms with E-state index < -0.39 is 0 Å². The molecule has 6 heteroatoms. The average Bonchev–Trinajstić information content (AvgIpc) is 2.53. The molecule has 21 heavy (non-hydrogen) atoms. The first-order valence-electron chi connectivity index (χ1n) is 6.87. The van der Waals surface area contributed by atoms with E-state index in [1.54, 1.807) is 0 Å². The summed E-state index contributed by atoms with van der Waals surface area (Å²) in [6, 6.07) is 9.84. The van der Waals surface area contributed by atoms with Gasteiger partial charge in [-0.05, 0) is 12.1 Å². The number of para-hydroxylation sites is 1. The van der Waals surface area contributed by atoms with Crippen LogP contribution in [0.5, 0.6) is 0 Å². The van der Waals surface area contributed by atoms with Crippen molar-refractivity contribution in [3.63, 3.8) is 0 Å². The zero-order chi connectivity index (χ0) is 14.7. The highest BCUT2D eigenvalue weighted by Crippen LogP contribution is 2.20. The molecule has 0 saturated carbocycles. The molecule has 3 rings (SSSR count). The van der Waals surface area contributed by atoms with Crippen molar-refractivity contribution in [3.05, 3.63) is 35.9 Å². The Balaban J connectivity index is 1.84. The molecule has 1 saturated heterocycles. The minimum absolute atomic E-state index is 0.0196. The molecule has 2 aromatic rings. The van der Waals surface area contributed by atoms with Gasteiger partial charge < -0.3 is 20.5 Å². The lowest BCUT2D eigenvalue weighted by atomic mass is 10.1. The summed E-state index contributed by atoms with van der Waals surface area (Å²) in [4.78, 5) is 4.94. The van der Waals surface area contributed by atoms with Crippen LogP contribution in [-0.4, -0.2) is 42.4 Å². The first-order valence-corrected chi connectivity index (χ1v) is 7.27. The second kappa shape index (κ2) is 6.34. The number of rotatable bonds is 4. The maximum atomic E-state index is 5.81. The molecule has 0 spiro atoms. The Kier molecular flexibility index (Phi) is 4.28. The molecule has 1 aliphatic rings. The van der Waals surface area contributed by atoms with Gasteiger partial charge in [0.1, 0.15) is 10.8 Å². The van der Waals surface area contributed by atoms with Gasteiger partial charge in [0, 0.05) is 11.9 Å². The highest BCUT2D eigenvalue weighted by Gasteiger charge is 2.16. The molecular weight excluding hydrogens is 286 g/mol. The summed E-state index contributed by atoms with van der Waals surface area (Å²) < 4.78 is 11.0. The van der Waals surface area contributed by atoms with Gasteiger partial charge in [0.25, 0.3) is 0 Å². The summed E-state index contributed by atoms with van der Waals surface area (Å²) in [7, 11) is 0. The minimum Gasteiger partial charge on any atom is -0.389 e. The van der Waals surface area contributed by atoms with E-state index in [2.05, 4.69) is 10.3 Å². The molecule has 0 amide bonds. The summed E-state index contributed by atoms with van der Waals surface area (Å²) in [5.74, 6) is 0.690. The number of nitrogens with one attached hydrogen (secondary N) is 1. The van der Waals surface area contributed by atoms with Crippen molar-refractivity contribution in [2.45, 2.75) is 6.10 Å². The number of thiocarbonyl (C=S) groups is 1. The summed E-state index contributed by atoms with van der Waals surface area (Å²) in [5.41, 5.74) is 7.46. The van der Waals surface area contributed by atoms with Crippen molar-refractivity contribution in [2.24, 2.45) is 5.73 Å². The number of fused-ring (bicyclic) bond motifs is 1. The Morgan fingerprint density at radius 3 is 3.00 bits per heavy atom. The Bertz CT molecular complexity index is 656. The number of hydrogen-bond donors (Lipinski definition) is 2. The van der Waals surface area contributed by atoms with Crippen LogP contribution in [0.2, 0.25) is 0 Å². The number of anilines is 1. The summed E-state index contributed by atoms with van der Waals surface area (Å²) in [6.07, 6.45) is 0.0196. The third-order valence-corrected chi connectivity index (χ3v) is 3.59. The first-order chi connectivity index (χ1) is 10.2. The third-order valence-electron chi connectivity index (χ3n) is 3.37. The number of nitrogens with two attached hydrogens (primary N) is 1. The highest BCUT2D eigenvalue weighted by atomic mass is 32.1. The molecule has 2 heterocycles. The van der Waals surface area contributed by atoms with Crippen molar-refractivity contribution in [1.82, 2.24) is 4.98 Å². The number of benzene rings is 1. The van der Waals surface area contributed by atoms with Crippen molar-refractivity contribution in [2.75, 3.05) is 31.7 Å². The molecule has 1 unspecified atom stereocenters. The summed E-state index contributed by atoms with van der Waals surface area (Å²) in [6.45, 7) is 2.48. The maximum absolute atomic E-state index is 5.81. The normalized spacial score (nSPS) is 18.6. The van der Waals surface area contributed by atoms with Crippen molar-refractivity contribution in [3.8, 4) is 0 Å². The number of nitrogens with zero attached hydrogens (tertiary/aromatic N) is 1. The minimum atomic E-state index is 0.0196. The Morgan fingerprint density at radius 1 is 1.38 bits per heavy atom. The van der Waals surface area contributed by atoms with E-state index in [1.807, 2.05) is 30.3 Å². The molecule has 0 aliphatic carbocycles.